The number of rotatable bonds is 5. The van der Waals surface area contributed by atoms with Crippen molar-refractivity contribution in [2.45, 2.75) is 25.7 Å². The first-order chi connectivity index (χ1) is 9.23. The van der Waals surface area contributed by atoms with Crippen molar-refractivity contribution in [1.29, 1.82) is 5.26 Å². The van der Waals surface area contributed by atoms with Crippen LogP contribution in [0.3, 0.4) is 0 Å². The lowest BCUT2D eigenvalue weighted by atomic mass is 10.2. The molecule has 110 valence electrons. The number of nitrogens with two attached hydrogens (primary N) is 1. The maximum atomic E-state index is 12.6. The Bertz CT molecular complexity index is 638. The molecule has 0 heterocycles. The van der Waals surface area contributed by atoms with E-state index in [1.807, 2.05) is 6.07 Å². The zero-order chi connectivity index (χ0) is 15.5. The van der Waals surface area contributed by atoms with E-state index in [-0.39, 0.29) is 28.9 Å². The molecule has 0 aliphatic carbocycles. The van der Waals surface area contributed by atoms with Crippen LogP contribution in [0.1, 0.15) is 19.4 Å². The molecule has 0 radical (unpaired) electrons. The second kappa shape index (κ2) is 6.44. The first-order valence-corrected chi connectivity index (χ1v) is 8.01. The summed E-state index contributed by atoms with van der Waals surface area (Å²) in [6.07, 6.45) is 0. The summed E-state index contributed by atoms with van der Waals surface area (Å²) >= 11 is 5.89. The minimum Gasteiger partial charge on any atom is -0.398 e. The van der Waals surface area contributed by atoms with E-state index >= 15 is 0 Å². The van der Waals surface area contributed by atoms with Crippen LogP contribution in [0.4, 0.5) is 5.69 Å². The molecule has 1 rings (SSSR count). The summed E-state index contributed by atoms with van der Waals surface area (Å²) in [5.74, 6) is -0.387. The van der Waals surface area contributed by atoms with Crippen LogP contribution in [0.2, 0.25) is 5.02 Å². The van der Waals surface area contributed by atoms with E-state index in [1.54, 1.807) is 20.8 Å². The highest BCUT2D eigenvalue weighted by molar-refractivity contribution is 7.89. The fourth-order valence-corrected chi connectivity index (χ4v) is 3.93. The molecule has 1 unspecified atom stereocenters. The molecule has 2 N–H and O–H groups in total. The molecule has 0 amide bonds. The van der Waals surface area contributed by atoms with Gasteiger partial charge in [-0.1, -0.05) is 18.5 Å². The van der Waals surface area contributed by atoms with E-state index < -0.39 is 10.0 Å². The summed E-state index contributed by atoms with van der Waals surface area (Å²) in [5.41, 5.74) is 6.57. The smallest absolute Gasteiger partial charge is 0.243 e. The van der Waals surface area contributed by atoms with Gasteiger partial charge in [0.15, 0.2) is 0 Å². The van der Waals surface area contributed by atoms with Gasteiger partial charge in [-0.25, -0.2) is 8.42 Å². The maximum Gasteiger partial charge on any atom is 0.243 e. The third kappa shape index (κ3) is 3.42. The largest absolute Gasteiger partial charge is 0.398 e. The van der Waals surface area contributed by atoms with Gasteiger partial charge in [0, 0.05) is 23.8 Å². The summed E-state index contributed by atoms with van der Waals surface area (Å²) in [6.45, 7) is 5.46. The standard InChI is InChI=1S/C13H18ClN3O2S/c1-4-17(8-9(2)7-15)20(18,19)13-6-11(14)5-12(16)10(13)3/h5-6,9H,4,8,16H2,1-3H3. The van der Waals surface area contributed by atoms with Crippen molar-refractivity contribution >= 4 is 27.3 Å². The molecule has 5 nitrogen and oxygen atoms in total. The van der Waals surface area contributed by atoms with Gasteiger partial charge in [0.25, 0.3) is 0 Å². The average molecular weight is 316 g/mol. The Morgan fingerprint density at radius 1 is 1.50 bits per heavy atom. The van der Waals surface area contributed by atoms with E-state index in [1.165, 1.54) is 16.4 Å². The fraction of sp³-hybridized carbons (Fsp3) is 0.462. The van der Waals surface area contributed by atoms with Gasteiger partial charge in [0.05, 0.1) is 16.9 Å². The van der Waals surface area contributed by atoms with Crippen molar-refractivity contribution in [2.24, 2.45) is 5.92 Å². The van der Waals surface area contributed by atoms with Crippen LogP contribution >= 0.6 is 11.6 Å². The molecule has 0 aromatic heterocycles. The summed E-state index contributed by atoms with van der Waals surface area (Å²) in [4.78, 5) is 0.0921. The van der Waals surface area contributed by atoms with E-state index in [9.17, 15) is 8.42 Å². The number of benzene rings is 1. The van der Waals surface area contributed by atoms with Crippen molar-refractivity contribution in [3.05, 3.63) is 22.7 Å². The summed E-state index contributed by atoms with van der Waals surface area (Å²) in [7, 11) is -3.71. The van der Waals surface area contributed by atoms with Crippen molar-refractivity contribution in [3.8, 4) is 6.07 Å². The lowest BCUT2D eigenvalue weighted by Gasteiger charge is -2.23. The van der Waals surface area contributed by atoms with Gasteiger partial charge < -0.3 is 5.73 Å². The third-order valence-corrected chi connectivity index (χ3v) is 5.32. The molecule has 0 fully saturated rings. The molecule has 1 aromatic carbocycles. The second-order valence-electron chi connectivity index (χ2n) is 4.60. The van der Waals surface area contributed by atoms with Crippen LogP contribution in [0.5, 0.6) is 0 Å². The molecule has 0 aliphatic rings. The van der Waals surface area contributed by atoms with Crippen LogP contribution in [0.25, 0.3) is 0 Å². The summed E-state index contributed by atoms with van der Waals surface area (Å²) < 4.78 is 26.5. The predicted molar refractivity (Wildman–Crippen MR) is 79.8 cm³/mol. The topological polar surface area (TPSA) is 87.2 Å². The Hall–Kier alpha value is -1.29. The number of hydrogen-bond acceptors (Lipinski definition) is 4. The van der Waals surface area contributed by atoms with E-state index in [0.717, 1.165) is 0 Å². The van der Waals surface area contributed by atoms with Gasteiger partial charge in [-0.15, -0.1) is 0 Å². The number of nitrogens with zero attached hydrogens (tertiary/aromatic N) is 2. The average Bonchev–Trinajstić information content (AvgIpc) is 2.39. The molecule has 0 saturated carbocycles. The summed E-state index contributed by atoms with van der Waals surface area (Å²) in [5, 5.41) is 9.12. The highest BCUT2D eigenvalue weighted by Gasteiger charge is 2.27. The third-order valence-electron chi connectivity index (χ3n) is 3.03. The second-order valence-corrected chi connectivity index (χ2v) is 6.95. The van der Waals surface area contributed by atoms with E-state index in [2.05, 4.69) is 0 Å². The van der Waals surface area contributed by atoms with Crippen LogP contribution in [0, 0.1) is 24.2 Å². The fourth-order valence-electron chi connectivity index (χ4n) is 1.82. The Morgan fingerprint density at radius 2 is 2.10 bits per heavy atom. The van der Waals surface area contributed by atoms with Crippen LogP contribution < -0.4 is 5.73 Å². The Labute approximate surface area is 125 Å². The lowest BCUT2D eigenvalue weighted by Crippen LogP contribution is -2.34. The number of halogens is 1. The van der Waals surface area contributed by atoms with Crippen molar-refractivity contribution in [2.75, 3.05) is 18.8 Å². The monoisotopic (exact) mass is 315 g/mol. The van der Waals surface area contributed by atoms with Crippen LogP contribution in [-0.2, 0) is 10.0 Å². The van der Waals surface area contributed by atoms with Gasteiger partial charge in [0.1, 0.15) is 0 Å². The minimum absolute atomic E-state index is 0.0921. The molecule has 1 atom stereocenters. The predicted octanol–water partition coefficient (Wildman–Crippen LogP) is 2.40. The first kappa shape index (κ1) is 16.8. The number of sulfonamides is 1. The normalized spacial score (nSPS) is 13.2. The molecule has 7 heteroatoms. The first-order valence-electron chi connectivity index (χ1n) is 6.19. The zero-order valence-electron chi connectivity index (χ0n) is 11.7. The van der Waals surface area contributed by atoms with E-state index in [0.29, 0.717) is 11.3 Å². The molecule has 0 spiro atoms. The Kier molecular flexibility index (Phi) is 5.40. The molecule has 0 aliphatic heterocycles. The SMILES string of the molecule is CCN(CC(C)C#N)S(=O)(=O)c1cc(Cl)cc(N)c1C. The summed E-state index contributed by atoms with van der Waals surface area (Å²) in [6, 6.07) is 4.94. The molecule has 0 bridgehead atoms. The van der Waals surface area contributed by atoms with Gasteiger partial charge in [0.2, 0.25) is 10.0 Å². The zero-order valence-corrected chi connectivity index (χ0v) is 13.3. The highest BCUT2D eigenvalue weighted by Crippen LogP contribution is 2.28. The Balaban J connectivity index is 3.32. The van der Waals surface area contributed by atoms with Crippen LogP contribution in [0.15, 0.2) is 17.0 Å². The molecular formula is C13H18ClN3O2S. The van der Waals surface area contributed by atoms with Gasteiger partial charge in [-0.05, 0) is 31.5 Å². The van der Waals surface area contributed by atoms with Crippen LogP contribution in [-0.4, -0.2) is 25.8 Å². The maximum absolute atomic E-state index is 12.6. The molecule has 1 aromatic rings. The number of nitrogen functional groups attached to an aromatic ring is 1. The van der Waals surface area contributed by atoms with Crippen molar-refractivity contribution in [1.82, 2.24) is 4.31 Å². The van der Waals surface area contributed by atoms with Gasteiger partial charge >= 0.3 is 0 Å². The number of anilines is 1. The number of nitriles is 1. The minimum atomic E-state index is -3.71. The van der Waals surface area contributed by atoms with Crippen molar-refractivity contribution in [3.63, 3.8) is 0 Å². The highest BCUT2D eigenvalue weighted by atomic mass is 35.5. The molecule has 20 heavy (non-hydrogen) atoms. The number of hydrogen-bond donors (Lipinski definition) is 1. The molecular weight excluding hydrogens is 298 g/mol. The van der Waals surface area contributed by atoms with Crippen molar-refractivity contribution < 1.29 is 8.42 Å². The quantitative estimate of drug-likeness (QED) is 0.845. The molecule has 0 saturated heterocycles. The lowest BCUT2D eigenvalue weighted by molar-refractivity contribution is 0.399. The van der Waals surface area contributed by atoms with Gasteiger partial charge in [-0.2, -0.15) is 9.57 Å². The van der Waals surface area contributed by atoms with Gasteiger partial charge in [-0.3, -0.25) is 0 Å². The Morgan fingerprint density at radius 3 is 2.60 bits per heavy atom. The van der Waals surface area contributed by atoms with E-state index in [4.69, 9.17) is 22.6 Å².